The maximum absolute atomic E-state index is 11.6. The SMILES string of the molecule is O=C(NCc1ccc(C#CCO)cc1)C1CCC1. The topological polar surface area (TPSA) is 49.3 Å². The lowest BCUT2D eigenvalue weighted by Gasteiger charge is -2.24. The van der Waals surface area contributed by atoms with Crippen LogP contribution in [-0.4, -0.2) is 17.6 Å². The van der Waals surface area contributed by atoms with E-state index in [0.717, 1.165) is 24.0 Å². The van der Waals surface area contributed by atoms with Gasteiger partial charge in [-0.2, -0.15) is 0 Å². The van der Waals surface area contributed by atoms with Crippen LogP contribution in [0.3, 0.4) is 0 Å². The fourth-order valence-corrected chi connectivity index (χ4v) is 1.85. The molecule has 2 N–H and O–H groups in total. The molecule has 1 aromatic rings. The molecule has 0 unspecified atom stereocenters. The van der Waals surface area contributed by atoms with E-state index in [1.807, 2.05) is 24.3 Å². The number of hydrogen-bond acceptors (Lipinski definition) is 2. The van der Waals surface area contributed by atoms with Crippen LogP contribution in [-0.2, 0) is 11.3 Å². The number of amides is 1. The Morgan fingerprint density at radius 3 is 2.61 bits per heavy atom. The van der Waals surface area contributed by atoms with Gasteiger partial charge >= 0.3 is 0 Å². The molecule has 1 aromatic carbocycles. The van der Waals surface area contributed by atoms with Crippen molar-refractivity contribution in [1.29, 1.82) is 0 Å². The lowest BCUT2D eigenvalue weighted by atomic mass is 9.85. The molecule has 1 fully saturated rings. The second-order valence-electron chi connectivity index (χ2n) is 4.50. The van der Waals surface area contributed by atoms with Crippen LogP contribution < -0.4 is 5.32 Å². The van der Waals surface area contributed by atoms with Crippen molar-refractivity contribution < 1.29 is 9.90 Å². The molecule has 1 aliphatic carbocycles. The average molecular weight is 243 g/mol. The Hall–Kier alpha value is -1.79. The number of aliphatic hydroxyl groups is 1. The largest absolute Gasteiger partial charge is 0.384 e. The lowest BCUT2D eigenvalue weighted by Crippen LogP contribution is -2.33. The summed E-state index contributed by atoms with van der Waals surface area (Å²) in [6.07, 6.45) is 3.24. The molecule has 3 heteroatoms. The van der Waals surface area contributed by atoms with Gasteiger partial charge in [0.1, 0.15) is 6.61 Å². The van der Waals surface area contributed by atoms with Crippen LogP contribution >= 0.6 is 0 Å². The van der Waals surface area contributed by atoms with Crippen molar-refractivity contribution in [3.63, 3.8) is 0 Å². The number of carbonyl (C=O) groups excluding carboxylic acids is 1. The van der Waals surface area contributed by atoms with Crippen LogP contribution in [0.4, 0.5) is 0 Å². The summed E-state index contributed by atoms with van der Waals surface area (Å²) in [5.74, 6) is 5.84. The van der Waals surface area contributed by atoms with Crippen LogP contribution in [0.15, 0.2) is 24.3 Å². The Labute approximate surface area is 107 Å². The molecular weight excluding hydrogens is 226 g/mol. The van der Waals surface area contributed by atoms with Gasteiger partial charge in [-0.3, -0.25) is 4.79 Å². The van der Waals surface area contributed by atoms with Crippen LogP contribution in [0.2, 0.25) is 0 Å². The minimum atomic E-state index is -0.126. The first-order valence-electron chi connectivity index (χ1n) is 6.26. The second-order valence-corrected chi connectivity index (χ2v) is 4.50. The Morgan fingerprint density at radius 2 is 2.06 bits per heavy atom. The van der Waals surface area contributed by atoms with E-state index in [1.54, 1.807) is 0 Å². The van der Waals surface area contributed by atoms with E-state index >= 15 is 0 Å². The molecule has 1 amide bonds. The molecule has 0 atom stereocenters. The number of rotatable bonds is 3. The monoisotopic (exact) mass is 243 g/mol. The molecular formula is C15H17NO2. The standard InChI is InChI=1S/C15H17NO2/c17-10-2-3-12-6-8-13(9-7-12)11-16-15(18)14-4-1-5-14/h6-9,14,17H,1,4-5,10-11H2,(H,16,18). The van der Waals surface area contributed by atoms with Crippen molar-refractivity contribution in [3.05, 3.63) is 35.4 Å². The van der Waals surface area contributed by atoms with E-state index in [4.69, 9.17) is 5.11 Å². The fourth-order valence-electron chi connectivity index (χ4n) is 1.85. The van der Waals surface area contributed by atoms with Gasteiger partial charge in [-0.25, -0.2) is 0 Å². The molecule has 0 radical (unpaired) electrons. The third-order valence-corrected chi connectivity index (χ3v) is 3.21. The smallest absolute Gasteiger partial charge is 0.223 e. The lowest BCUT2D eigenvalue weighted by molar-refractivity contribution is -0.127. The summed E-state index contributed by atoms with van der Waals surface area (Å²) in [6, 6.07) is 7.69. The van der Waals surface area contributed by atoms with Crippen LogP contribution in [0.25, 0.3) is 0 Å². The quantitative estimate of drug-likeness (QED) is 0.789. The van der Waals surface area contributed by atoms with Crippen LogP contribution in [0.5, 0.6) is 0 Å². The van der Waals surface area contributed by atoms with Gasteiger partial charge in [0, 0.05) is 18.0 Å². The zero-order chi connectivity index (χ0) is 12.8. The highest BCUT2D eigenvalue weighted by molar-refractivity contribution is 5.79. The van der Waals surface area contributed by atoms with Gasteiger partial charge < -0.3 is 10.4 Å². The van der Waals surface area contributed by atoms with E-state index < -0.39 is 0 Å². The maximum Gasteiger partial charge on any atom is 0.223 e. The van der Waals surface area contributed by atoms with Gasteiger partial charge in [0.05, 0.1) is 0 Å². The van der Waals surface area contributed by atoms with Gasteiger partial charge in [0.15, 0.2) is 0 Å². The van der Waals surface area contributed by atoms with E-state index in [0.29, 0.717) is 6.54 Å². The minimum Gasteiger partial charge on any atom is -0.384 e. The van der Waals surface area contributed by atoms with E-state index in [2.05, 4.69) is 17.2 Å². The molecule has 0 aliphatic heterocycles. The summed E-state index contributed by atoms with van der Waals surface area (Å²) >= 11 is 0. The highest BCUT2D eigenvalue weighted by Crippen LogP contribution is 2.26. The minimum absolute atomic E-state index is 0.126. The van der Waals surface area contributed by atoms with E-state index in [1.165, 1.54) is 6.42 Å². The fraction of sp³-hybridized carbons (Fsp3) is 0.400. The Kier molecular flexibility index (Phi) is 4.38. The molecule has 1 saturated carbocycles. The van der Waals surface area contributed by atoms with Crippen molar-refractivity contribution in [3.8, 4) is 11.8 Å². The van der Waals surface area contributed by atoms with Crippen molar-refractivity contribution in [2.45, 2.75) is 25.8 Å². The molecule has 0 saturated heterocycles. The van der Waals surface area contributed by atoms with Crippen molar-refractivity contribution in [1.82, 2.24) is 5.32 Å². The van der Waals surface area contributed by atoms with E-state index in [9.17, 15) is 4.79 Å². The second kappa shape index (κ2) is 6.23. The first-order chi connectivity index (χ1) is 8.79. The highest BCUT2D eigenvalue weighted by atomic mass is 16.2. The summed E-state index contributed by atoms with van der Waals surface area (Å²) in [5.41, 5.74) is 1.94. The molecule has 0 heterocycles. The predicted octanol–water partition coefficient (Wildman–Crippen LogP) is 1.45. The van der Waals surface area contributed by atoms with Crippen LogP contribution in [0, 0.1) is 17.8 Å². The molecule has 94 valence electrons. The summed E-state index contributed by atoms with van der Waals surface area (Å²) in [4.78, 5) is 11.6. The Bertz CT molecular complexity index is 464. The number of nitrogens with one attached hydrogen (secondary N) is 1. The summed E-state index contributed by atoms with van der Waals surface area (Å²) in [7, 11) is 0. The van der Waals surface area contributed by atoms with Crippen molar-refractivity contribution in [2.24, 2.45) is 5.92 Å². The number of benzene rings is 1. The average Bonchev–Trinajstić information content (AvgIpc) is 2.33. The number of carbonyl (C=O) groups is 1. The zero-order valence-electron chi connectivity index (χ0n) is 10.3. The summed E-state index contributed by atoms with van der Waals surface area (Å²) in [6.45, 7) is 0.447. The number of hydrogen-bond donors (Lipinski definition) is 2. The van der Waals surface area contributed by atoms with Gasteiger partial charge in [0.2, 0.25) is 5.91 Å². The molecule has 18 heavy (non-hydrogen) atoms. The molecule has 0 aromatic heterocycles. The maximum atomic E-state index is 11.6. The Balaban J connectivity index is 1.84. The molecule has 1 aliphatic rings. The number of aliphatic hydroxyl groups excluding tert-OH is 1. The highest BCUT2D eigenvalue weighted by Gasteiger charge is 2.24. The Morgan fingerprint density at radius 1 is 1.33 bits per heavy atom. The molecule has 3 nitrogen and oxygen atoms in total. The summed E-state index contributed by atoms with van der Waals surface area (Å²) < 4.78 is 0. The van der Waals surface area contributed by atoms with Gasteiger partial charge in [-0.1, -0.05) is 30.4 Å². The van der Waals surface area contributed by atoms with E-state index in [-0.39, 0.29) is 18.4 Å². The first-order valence-corrected chi connectivity index (χ1v) is 6.26. The molecule has 2 rings (SSSR count). The van der Waals surface area contributed by atoms with Crippen molar-refractivity contribution in [2.75, 3.05) is 6.61 Å². The zero-order valence-corrected chi connectivity index (χ0v) is 10.3. The molecule has 0 bridgehead atoms. The predicted molar refractivity (Wildman–Crippen MR) is 69.6 cm³/mol. The molecule has 0 spiro atoms. The van der Waals surface area contributed by atoms with Gasteiger partial charge in [-0.05, 0) is 30.5 Å². The van der Waals surface area contributed by atoms with Gasteiger partial charge in [-0.15, -0.1) is 0 Å². The summed E-state index contributed by atoms with van der Waals surface area (Å²) in [5, 5.41) is 11.5. The third kappa shape index (κ3) is 3.35. The van der Waals surface area contributed by atoms with Gasteiger partial charge in [0.25, 0.3) is 0 Å². The van der Waals surface area contributed by atoms with Crippen molar-refractivity contribution >= 4 is 5.91 Å². The first kappa shape index (κ1) is 12.7. The third-order valence-electron chi connectivity index (χ3n) is 3.21. The normalized spacial score (nSPS) is 14.3. The van der Waals surface area contributed by atoms with Crippen LogP contribution in [0.1, 0.15) is 30.4 Å².